The highest BCUT2D eigenvalue weighted by atomic mass is 19.1. The number of benzene rings is 1. The second-order valence-corrected chi connectivity index (χ2v) is 3.94. The first-order valence-electron chi connectivity index (χ1n) is 5.20. The van der Waals surface area contributed by atoms with Crippen molar-refractivity contribution < 1.29 is 14.4 Å². The fraction of sp³-hybridized carbons (Fsp3) is 0.273. The van der Waals surface area contributed by atoms with Crippen molar-refractivity contribution in [3.8, 4) is 0 Å². The maximum absolute atomic E-state index is 13.3. The molecule has 0 radical (unpaired) electrons. The number of nitrogens with two attached hydrogens (primary N) is 1. The van der Waals surface area contributed by atoms with Crippen LogP contribution in [-0.2, 0) is 4.79 Å². The average Bonchev–Trinajstić information content (AvgIpc) is 3.14. The van der Waals surface area contributed by atoms with Crippen molar-refractivity contribution >= 4 is 17.4 Å². The molecule has 0 saturated heterocycles. The highest BCUT2D eigenvalue weighted by Gasteiger charge is 2.29. The molecule has 17 heavy (non-hydrogen) atoms. The molecule has 1 saturated carbocycles. The van der Waals surface area contributed by atoms with E-state index in [2.05, 4.69) is 10.5 Å². The van der Waals surface area contributed by atoms with Crippen molar-refractivity contribution in [2.24, 2.45) is 16.8 Å². The van der Waals surface area contributed by atoms with Crippen LogP contribution in [0.15, 0.2) is 23.4 Å². The van der Waals surface area contributed by atoms with E-state index in [0.717, 1.165) is 18.9 Å². The lowest BCUT2D eigenvalue weighted by Crippen LogP contribution is -2.17. The van der Waals surface area contributed by atoms with E-state index in [1.165, 1.54) is 12.1 Å². The number of hydrogen-bond acceptors (Lipinski definition) is 3. The Morgan fingerprint density at radius 1 is 1.53 bits per heavy atom. The maximum Gasteiger partial charge on any atom is 0.227 e. The van der Waals surface area contributed by atoms with Crippen LogP contribution in [0, 0.1) is 11.7 Å². The molecule has 0 aliphatic heterocycles. The molecule has 0 atom stereocenters. The lowest BCUT2D eigenvalue weighted by atomic mass is 10.1. The Hall–Kier alpha value is -2.11. The maximum atomic E-state index is 13.3. The van der Waals surface area contributed by atoms with Gasteiger partial charge >= 0.3 is 0 Å². The van der Waals surface area contributed by atoms with E-state index in [1.54, 1.807) is 0 Å². The summed E-state index contributed by atoms with van der Waals surface area (Å²) in [4.78, 5) is 11.5. The summed E-state index contributed by atoms with van der Waals surface area (Å²) in [6, 6.07) is 3.93. The molecule has 0 unspecified atom stereocenters. The molecule has 0 spiro atoms. The first-order valence-corrected chi connectivity index (χ1v) is 5.20. The predicted octanol–water partition coefficient (Wildman–Crippen LogP) is 1.27. The van der Waals surface area contributed by atoms with E-state index < -0.39 is 5.82 Å². The largest absolute Gasteiger partial charge is 0.409 e. The molecule has 1 aromatic rings. The molecule has 1 aromatic carbocycles. The Morgan fingerprint density at radius 2 is 2.24 bits per heavy atom. The first kappa shape index (κ1) is 11.4. The Kier molecular flexibility index (Phi) is 2.95. The van der Waals surface area contributed by atoms with Crippen LogP contribution in [0.2, 0.25) is 0 Å². The molecule has 0 aromatic heterocycles. The van der Waals surface area contributed by atoms with Crippen LogP contribution in [0.4, 0.5) is 10.1 Å². The topological polar surface area (TPSA) is 87.7 Å². The molecule has 4 N–H and O–H groups in total. The zero-order chi connectivity index (χ0) is 12.4. The lowest BCUT2D eigenvalue weighted by Gasteiger charge is -2.07. The van der Waals surface area contributed by atoms with Crippen molar-refractivity contribution in [2.75, 3.05) is 5.32 Å². The summed E-state index contributed by atoms with van der Waals surface area (Å²) >= 11 is 0. The van der Waals surface area contributed by atoms with Gasteiger partial charge in [0, 0.05) is 11.6 Å². The fourth-order valence-electron chi connectivity index (χ4n) is 1.44. The number of oxime groups is 1. The van der Waals surface area contributed by atoms with Crippen LogP contribution in [-0.4, -0.2) is 17.0 Å². The number of anilines is 1. The Labute approximate surface area is 97.1 Å². The number of carbonyl (C=O) groups is 1. The van der Waals surface area contributed by atoms with E-state index in [-0.39, 0.29) is 23.2 Å². The van der Waals surface area contributed by atoms with E-state index in [9.17, 15) is 9.18 Å². The third-order valence-corrected chi connectivity index (χ3v) is 2.57. The molecule has 0 bridgehead atoms. The number of carbonyl (C=O) groups excluding carboxylic acids is 1. The fourth-order valence-corrected chi connectivity index (χ4v) is 1.44. The number of rotatable bonds is 3. The van der Waals surface area contributed by atoms with Crippen LogP contribution < -0.4 is 11.1 Å². The van der Waals surface area contributed by atoms with Gasteiger partial charge in [-0.1, -0.05) is 5.16 Å². The highest BCUT2D eigenvalue weighted by molar-refractivity contribution is 6.00. The van der Waals surface area contributed by atoms with E-state index in [0.29, 0.717) is 5.69 Å². The number of nitrogens with one attached hydrogen (secondary N) is 1. The monoisotopic (exact) mass is 237 g/mol. The number of halogens is 1. The third kappa shape index (κ3) is 2.52. The Balaban J connectivity index is 2.21. The predicted molar refractivity (Wildman–Crippen MR) is 60.3 cm³/mol. The van der Waals surface area contributed by atoms with Gasteiger partial charge in [0.25, 0.3) is 0 Å². The highest BCUT2D eigenvalue weighted by Crippen LogP contribution is 2.30. The normalized spacial score (nSPS) is 15.7. The summed E-state index contributed by atoms with van der Waals surface area (Å²) in [7, 11) is 0. The van der Waals surface area contributed by atoms with Crippen molar-refractivity contribution in [1.82, 2.24) is 0 Å². The number of amides is 1. The van der Waals surface area contributed by atoms with Gasteiger partial charge in [-0.25, -0.2) is 4.39 Å². The summed E-state index contributed by atoms with van der Waals surface area (Å²) in [5.74, 6) is -0.954. The molecule has 0 heterocycles. The summed E-state index contributed by atoms with van der Waals surface area (Å²) in [6.07, 6.45) is 1.78. The third-order valence-electron chi connectivity index (χ3n) is 2.57. The summed E-state index contributed by atoms with van der Waals surface area (Å²) in [5, 5.41) is 13.9. The van der Waals surface area contributed by atoms with Crippen molar-refractivity contribution in [2.45, 2.75) is 12.8 Å². The molecule has 1 amide bonds. The second-order valence-electron chi connectivity index (χ2n) is 3.94. The van der Waals surface area contributed by atoms with Crippen LogP contribution in [0.25, 0.3) is 0 Å². The second kappa shape index (κ2) is 4.40. The summed E-state index contributed by atoms with van der Waals surface area (Å²) in [6.45, 7) is 0. The van der Waals surface area contributed by atoms with Crippen LogP contribution in [0.3, 0.4) is 0 Å². The van der Waals surface area contributed by atoms with Gasteiger partial charge in [0.2, 0.25) is 5.91 Å². The van der Waals surface area contributed by atoms with Gasteiger partial charge in [-0.2, -0.15) is 0 Å². The van der Waals surface area contributed by atoms with E-state index >= 15 is 0 Å². The Morgan fingerprint density at radius 3 is 2.82 bits per heavy atom. The molecule has 1 aliphatic rings. The molecule has 90 valence electrons. The number of hydrogen-bond donors (Lipinski definition) is 3. The molecule has 1 aliphatic carbocycles. The van der Waals surface area contributed by atoms with E-state index in [1.807, 2.05) is 0 Å². The number of amidine groups is 1. The molecular formula is C11H12FN3O2. The van der Waals surface area contributed by atoms with Gasteiger partial charge in [0.1, 0.15) is 5.82 Å². The van der Waals surface area contributed by atoms with E-state index in [4.69, 9.17) is 10.9 Å². The first-order chi connectivity index (χ1) is 8.11. The standard InChI is InChI=1S/C11H12FN3O2/c12-9-4-3-7(5-8(9)10(13)15-17)14-11(16)6-1-2-6/h3-6,17H,1-2H2,(H2,13,15)(H,14,16). The summed E-state index contributed by atoms with van der Waals surface area (Å²) in [5.41, 5.74) is 5.71. The minimum Gasteiger partial charge on any atom is -0.409 e. The minimum atomic E-state index is -0.607. The SMILES string of the molecule is NC(=NO)c1cc(NC(=O)C2CC2)ccc1F. The average molecular weight is 237 g/mol. The molecule has 5 nitrogen and oxygen atoms in total. The molecular weight excluding hydrogens is 225 g/mol. The van der Waals surface area contributed by atoms with Crippen molar-refractivity contribution in [3.63, 3.8) is 0 Å². The summed E-state index contributed by atoms with van der Waals surface area (Å²) < 4.78 is 13.3. The van der Waals surface area contributed by atoms with Crippen LogP contribution >= 0.6 is 0 Å². The molecule has 1 fully saturated rings. The van der Waals surface area contributed by atoms with Gasteiger partial charge in [-0.3, -0.25) is 4.79 Å². The number of nitrogens with zero attached hydrogens (tertiary/aromatic N) is 1. The quantitative estimate of drug-likeness (QED) is 0.320. The zero-order valence-electron chi connectivity index (χ0n) is 8.98. The van der Waals surface area contributed by atoms with Crippen molar-refractivity contribution in [3.05, 3.63) is 29.6 Å². The molecule has 6 heteroatoms. The van der Waals surface area contributed by atoms with Gasteiger partial charge < -0.3 is 16.3 Å². The molecule has 2 rings (SSSR count). The Bertz CT molecular complexity index is 484. The van der Waals surface area contributed by atoms with Gasteiger partial charge in [-0.15, -0.1) is 0 Å². The minimum absolute atomic E-state index is 0.0407. The lowest BCUT2D eigenvalue weighted by molar-refractivity contribution is -0.117. The van der Waals surface area contributed by atoms with Crippen molar-refractivity contribution in [1.29, 1.82) is 0 Å². The smallest absolute Gasteiger partial charge is 0.227 e. The zero-order valence-corrected chi connectivity index (χ0v) is 8.98. The van der Waals surface area contributed by atoms with Gasteiger partial charge in [-0.05, 0) is 31.0 Å². The van der Waals surface area contributed by atoms with Crippen LogP contribution in [0.5, 0.6) is 0 Å². The van der Waals surface area contributed by atoms with Crippen LogP contribution in [0.1, 0.15) is 18.4 Å². The van der Waals surface area contributed by atoms with Gasteiger partial charge in [0.05, 0.1) is 5.56 Å². The van der Waals surface area contributed by atoms with Gasteiger partial charge in [0.15, 0.2) is 5.84 Å².